The van der Waals surface area contributed by atoms with Crippen molar-refractivity contribution in [3.63, 3.8) is 0 Å². The molecule has 2 fully saturated rings. The number of hydrogen-bond donors (Lipinski definition) is 0. The van der Waals surface area contributed by atoms with Crippen molar-refractivity contribution in [3.8, 4) is 5.75 Å². The SMILES string of the molecule is CC(C)N1CCC(Oc2ccc3cc(C(=O)N4CCN(C(C)C)CC4)ccc3c2)CC1. The molecule has 0 saturated carbocycles. The average Bonchev–Trinajstić information content (AvgIpc) is 2.78. The molecule has 5 heteroatoms. The van der Waals surface area contributed by atoms with Crippen LogP contribution in [0.25, 0.3) is 10.8 Å². The van der Waals surface area contributed by atoms with Crippen molar-refractivity contribution in [1.82, 2.24) is 14.7 Å². The molecular formula is C26H37N3O2. The molecule has 0 aromatic heterocycles. The van der Waals surface area contributed by atoms with Gasteiger partial charge in [-0.3, -0.25) is 9.69 Å². The minimum atomic E-state index is 0.141. The molecule has 2 aromatic carbocycles. The van der Waals surface area contributed by atoms with Gasteiger partial charge in [-0.1, -0.05) is 12.1 Å². The lowest BCUT2D eigenvalue weighted by Crippen LogP contribution is -2.50. The molecule has 0 spiro atoms. The molecule has 2 heterocycles. The summed E-state index contributed by atoms with van der Waals surface area (Å²) in [6.45, 7) is 14.7. The normalized spacial score (nSPS) is 19.5. The zero-order chi connectivity index (χ0) is 22.0. The van der Waals surface area contributed by atoms with Crippen LogP contribution in [0.2, 0.25) is 0 Å². The lowest BCUT2D eigenvalue weighted by Gasteiger charge is -2.37. The second-order valence-electron chi connectivity index (χ2n) is 9.59. The van der Waals surface area contributed by atoms with Crippen molar-refractivity contribution in [3.05, 3.63) is 42.0 Å². The van der Waals surface area contributed by atoms with Crippen LogP contribution in [0.3, 0.4) is 0 Å². The largest absolute Gasteiger partial charge is 0.490 e. The van der Waals surface area contributed by atoms with Gasteiger partial charge in [0.15, 0.2) is 0 Å². The predicted octanol–water partition coefficient (Wildman–Crippen LogP) is 4.26. The summed E-state index contributed by atoms with van der Waals surface area (Å²) in [6.07, 6.45) is 2.44. The average molecular weight is 424 g/mol. The van der Waals surface area contributed by atoms with Crippen molar-refractivity contribution < 1.29 is 9.53 Å². The van der Waals surface area contributed by atoms with E-state index >= 15 is 0 Å². The Morgan fingerprint density at radius 1 is 0.806 bits per heavy atom. The van der Waals surface area contributed by atoms with Gasteiger partial charge in [-0.2, -0.15) is 0 Å². The zero-order valence-electron chi connectivity index (χ0n) is 19.5. The molecular weight excluding hydrogens is 386 g/mol. The maximum absolute atomic E-state index is 13.0. The van der Waals surface area contributed by atoms with Crippen molar-refractivity contribution in [2.45, 2.75) is 58.7 Å². The Morgan fingerprint density at radius 3 is 2.03 bits per heavy atom. The number of amides is 1. The van der Waals surface area contributed by atoms with Gasteiger partial charge in [0.1, 0.15) is 11.9 Å². The minimum Gasteiger partial charge on any atom is -0.490 e. The Morgan fingerprint density at radius 2 is 1.39 bits per heavy atom. The summed E-state index contributed by atoms with van der Waals surface area (Å²) in [5, 5.41) is 2.21. The van der Waals surface area contributed by atoms with E-state index in [0.717, 1.165) is 74.2 Å². The molecule has 5 nitrogen and oxygen atoms in total. The molecule has 1 amide bonds. The third-order valence-corrected chi connectivity index (χ3v) is 6.90. The van der Waals surface area contributed by atoms with Crippen molar-refractivity contribution >= 4 is 16.7 Å². The van der Waals surface area contributed by atoms with Gasteiger partial charge >= 0.3 is 0 Å². The van der Waals surface area contributed by atoms with Crippen LogP contribution < -0.4 is 4.74 Å². The van der Waals surface area contributed by atoms with Crippen molar-refractivity contribution in [2.24, 2.45) is 0 Å². The van der Waals surface area contributed by atoms with E-state index in [4.69, 9.17) is 4.74 Å². The van der Waals surface area contributed by atoms with E-state index in [9.17, 15) is 4.79 Å². The van der Waals surface area contributed by atoms with Crippen LogP contribution in [-0.2, 0) is 0 Å². The van der Waals surface area contributed by atoms with Gasteiger partial charge in [-0.25, -0.2) is 0 Å². The third kappa shape index (κ3) is 5.21. The van der Waals surface area contributed by atoms with Crippen LogP contribution in [0, 0.1) is 0 Å². The molecule has 2 aliphatic rings. The Labute approximate surface area is 186 Å². The van der Waals surface area contributed by atoms with Crippen LogP contribution in [-0.4, -0.2) is 78.1 Å². The number of ether oxygens (including phenoxy) is 1. The number of likely N-dealkylation sites (tertiary alicyclic amines) is 1. The highest BCUT2D eigenvalue weighted by Gasteiger charge is 2.24. The first-order chi connectivity index (χ1) is 14.9. The first-order valence-corrected chi connectivity index (χ1v) is 11.9. The van der Waals surface area contributed by atoms with Gasteiger partial charge in [0.25, 0.3) is 5.91 Å². The molecule has 4 rings (SSSR count). The fraction of sp³-hybridized carbons (Fsp3) is 0.577. The van der Waals surface area contributed by atoms with E-state index < -0.39 is 0 Å². The highest BCUT2D eigenvalue weighted by atomic mass is 16.5. The summed E-state index contributed by atoms with van der Waals surface area (Å²) >= 11 is 0. The van der Waals surface area contributed by atoms with Crippen LogP contribution >= 0.6 is 0 Å². The number of rotatable bonds is 5. The standard InChI is InChI=1S/C26H37N3O2/c1-19(2)27-11-9-24(10-12-27)31-25-8-7-21-17-23(6-5-22(21)18-25)26(30)29-15-13-28(14-16-29)20(3)4/h5-8,17-20,24H,9-16H2,1-4H3. The maximum atomic E-state index is 13.0. The summed E-state index contributed by atoms with van der Waals surface area (Å²) in [4.78, 5) is 19.9. The summed E-state index contributed by atoms with van der Waals surface area (Å²) in [7, 11) is 0. The van der Waals surface area contributed by atoms with E-state index in [2.05, 4.69) is 55.7 Å². The lowest BCUT2D eigenvalue weighted by molar-refractivity contribution is 0.0595. The van der Waals surface area contributed by atoms with Crippen LogP contribution in [0.1, 0.15) is 50.9 Å². The van der Waals surface area contributed by atoms with Crippen molar-refractivity contribution in [1.29, 1.82) is 0 Å². The maximum Gasteiger partial charge on any atom is 0.253 e. The second-order valence-corrected chi connectivity index (χ2v) is 9.59. The van der Waals surface area contributed by atoms with Gasteiger partial charge in [-0.15, -0.1) is 0 Å². The first-order valence-electron chi connectivity index (χ1n) is 11.9. The van der Waals surface area contributed by atoms with E-state index in [0.29, 0.717) is 12.1 Å². The van der Waals surface area contributed by atoms with Gasteiger partial charge in [0.05, 0.1) is 0 Å². The molecule has 0 atom stereocenters. The molecule has 0 aliphatic carbocycles. The van der Waals surface area contributed by atoms with Crippen LogP contribution in [0.15, 0.2) is 36.4 Å². The minimum absolute atomic E-state index is 0.141. The van der Waals surface area contributed by atoms with Crippen molar-refractivity contribution in [2.75, 3.05) is 39.3 Å². The first kappa shape index (κ1) is 22.1. The quantitative estimate of drug-likeness (QED) is 0.720. The fourth-order valence-corrected chi connectivity index (χ4v) is 4.76. The smallest absolute Gasteiger partial charge is 0.253 e. The Bertz CT molecular complexity index is 895. The number of benzene rings is 2. The number of carbonyl (C=O) groups excluding carboxylic acids is 1. The summed E-state index contributed by atoms with van der Waals surface area (Å²) in [5.41, 5.74) is 0.778. The monoisotopic (exact) mass is 423 g/mol. The van der Waals surface area contributed by atoms with Gasteiger partial charge in [0.2, 0.25) is 0 Å². The van der Waals surface area contributed by atoms with Gasteiger partial charge in [-0.05, 0) is 75.6 Å². The molecule has 2 saturated heterocycles. The Kier molecular flexibility index (Phi) is 6.83. The Hall–Kier alpha value is -2.11. The number of nitrogens with zero attached hydrogens (tertiary/aromatic N) is 3. The molecule has 0 N–H and O–H groups in total. The third-order valence-electron chi connectivity index (χ3n) is 6.90. The molecule has 0 unspecified atom stereocenters. The van der Waals surface area contributed by atoms with E-state index in [1.54, 1.807) is 0 Å². The Balaban J connectivity index is 1.39. The number of carbonyl (C=O) groups is 1. The molecule has 0 bridgehead atoms. The van der Waals surface area contributed by atoms with Crippen LogP contribution in [0.4, 0.5) is 0 Å². The second kappa shape index (κ2) is 9.58. The van der Waals surface area contributed by atoms with E-state index in [-0.39, 0.29) is 12.0 Å². The predicted molar refractivity (Wildman–Crippen MR) is 127 cm³/mol. The number of piperazine rings is 1. The molecule has 2 aliphatic heterocycles. The summed E-state index contributed by atoms with van der Waals surface area (Å²) in [5.74, 6) is 1.07. The highest BCUT2D eigenvalue weighted by Crippen LogP contribution is 2.26. The molecule has 0 radical (unpaired) electrons. The topological polar surface area (TPSA) is 36.0 Å². The number of fused-ring (bicyclic) bond motifs is 1. The van der Waals surface area contributed by atoms with Crippen LogP contribution in [0.5, 0.6) is 5.75 Å². The lowest BCUT2D eigenvalue weighted by atomic mass is 10.0. The highest BCUT2D eigenvalue weighted by molar-refractivity contribution is 5.98. The summed E-state index contributed by atoms with van der Waals surface area (Å²) < 4.78 is 6.29. The fourth-order valence-electron chi connectivity index (χ4n) is 4.76. The zero-order valence-corrected chi connectivity index (χ0v) is 19.5. The molecule has 168 valence electrons. The number of hydrogen-bond acceptors (Lipinski definition) is 4. The number of piperidine rings is 1. The van der Waals surface area contributed by atoms with E-state index in [1.165, 1.54) is 0 Å². The molecule has 31 heavy (non-hydrogen) atoms. The summed E-state index contributed by atoms with van der Waals surface area (Å²) in [6, 6.07) is 13.4. The van der Waals surface area contributed by atoms with Gasteiger partial charge < -0.3 is 14.5 Å². The van der Waals surface area contributed by atoms with Gasteiger partial charge in [0, 0.05) is 56.9 Å². The van der Waals surface area contributed by atoms with E-state index in [1.807, 2.05) is 23.1 Å². The molecule has 2 aromatic rings.